The molecule has 0 radical (unpaired) electrons. The van der Waals surface area contributed by atoms with Crippen LogP contribution in [0.25, 0.3) is 0 Å². The maximum atomic E-state index is 12.3. The number of hydrogen-bond donors (Lipinski definition) is 2. The van der Waals surface area contributed by atoms with Crippen molar-refractivity contribution in [3.05, 3.63) is 0 Å². The van der Waals surface area contributed by atoms with E-state index >= 15 is 0 Å². The number of ether oxygens (including phenoxy) is 2. The molecule has 0 heterocycles. The summed E-state index contributed by atoms with van der Waals surface area (Å²) in [6.07, 6.45) is 0.648. The highest BCUT2D eigenvalue weighted by atomic mass is 16.6. The van der Waals surface area contributed by atoms with E-state index < -0.39 is 35.6 Å². The number of amides is 1. The standard InChI is InChI=1S/C16H27NO6/c1-9(2)8-22-14(20)11(10-6-7-10)12(13(18)19)17-15(21)23-16(3,4)5/h9-12H,6-8H2,1-5H3,(H,17,21)(H,18,19)/t11-,12+/m1/s1. The molecule has 0 aromatic rings. The number of hydrogen-bond acceptors (Lipinski definition) is 5. The Balaban J connectivity index is 2.80. The topological polar surface area (TPSA) is 102 Å². The Morgan fingerprint density at radius 2 is 1.78 bits per heavy atom. The predicted molar refractivity (Wildman–Crippen MR) is 82.8 cm³/mol. The molecule has 23 heavy (non-hydrogen) atoms. The summed E-state index contributed by atoms with van der Waals surface area (Å²) < 4.78 is 10.3. The lowest BCUT2D eigenvalue weighted by Crippen LogP contribution is -2.51. The predicted octanol–water partition coefficient (Wildman–Crippen LogP) is 2.19. The Bertz CT molecular complexity index is 450. The first-order chi connectivity index (χ1) is 10.5. The zero-order valence-electron chi connectivity index (χ0n) is 14.4. The highest BCUT2D eigenvalue weighted by Crippen LogP contribution is 2.39. The van der Waals surface area contributed by atoms with Crippen LogP contribution >= 0.6 is 0 Å². The number of aliphatic carboxylic acids is 1. The average molecular weight is 329 g/mol. The van der Waals surface area contributed by atoms with Crippen LogP contribution in [0, 0.1) is 17.8 Å². The van der Waals surface area contributed by atoms with Gasteiger partial charge in [0.05, 0.1) is 12.5 Å². The lowest BCUT2D eigenvalue weighted by atomic mass is 9.94. The van der Waals surface area contributed by atoms with Crippen LogP contribution in [0.4, 0.5) is 4.79 Å². The van der Waals surface area contributed by atoms with E-state index in [-0.39, 0.29) is 18.4 Å². The minimum absolute atomic E-state index is 0.0781. The molecule has 0 aromatic carbocycles. The average Bonchev–Trinajstić information content (AvgIpc) is 3.17. The van der Waals surface area contributed by atoms with Gasteiger partial charge in [-0.3, -0.25) is 4.79 Å². The molecule has 1 amide bonds. The quantitative estimate of drug-likeness (QED) is 0.694. The molecule has 0 aromatic heterocycles. The first-order valence-corrected chi connectivity index (χ1v) is 7.90. The molecule has 0 aliphatic heterocycles. The third kappa shape index (κ3) is 6.88. The summed E-state index contributed by atoms with van der Waals surface area (Å²) in [5, 5.41) is 11.7. The third-order valence-corrected chi connectivity index (χ3v) is 3.26. The van der Waals surface area contributed by atoms with Crippen molar-refractivity contribution in [2.45, 2.75) is 59.1 Å². The van der Waals surface area contributed by atoms with Crippen LogP contribution in [-0.4, -0.2) is 41.4 Å². The van der Waals surface area contributed by atoms with E-state index in [1.165, 1.54) is 0 Å². The highest BCUT2D eigenvalue weighted by molar-refractivity contribution is 5.87. The molecule has 0 spiro atoms. The molecule has 7 nitrogen and oxygen atoms in total. The Hall–Kier alpha value is -1.79. The molecule has 1 rings (SSSR count). The van der Waals surface area contributed by atoms with Gasteiger partial charge in [0.15, 0.2) is 0 Å². The van der Waals surface area contributed by atoms with Crippen LogP contribution in [0.3, 0.4) is 0 Å². The third-order valence-electron chi connectivity index (χ3n) is 3.26. The molecule has 2 atom stereocenters. The molecule has 1 fully saturated rings. The summed E-state index contributed by atoms with van der Waals surface area (Å²) in [6, 6.07) is -1.35. The van der Waals surface area contributed by atoms with Crippen molar-refractivity contribution in [3.63, 3.8) is 0 Å². The molecule has 0 bridgehead atoms. The van der Waals surface area contributed by atoms with Gasteiger partial charge in [-0.15, -0.1) is 0 Å². The normalized spacial score (nSPS) is 17.3. The van der Waals surface area contributed by atoms with Gasteiger partial charge in [-0.25, -0.2) is 9.59 Å². The minimum atomic E-state index is -1.35. The van der Waals surface area contributed by atoms with E-state index in [1.807, 2.05) is 13.8 Å². The van der Waals surface area contributed by atoms with E-state index in [1.54, 1.807) is 20.8 Å². The second-order valence-corrected chi connectivity index (χ2v) is 7.35. The first-order valence-electron chi connectivity index (χ1n) is 7.90. The fraction of sp³-hybridized carbons (Fsp3) is 0.812. The van der Waals surface area contributed by atoms with Gasteiger partial charge in [-0.2, -0.15) is 0 Å². The van der Waals surface area contributed by atoms with E-state index in [0.29, 0.717) is 0 Å². The van der Waals surface area contributed by atoms with Gasteiger partial charge in [0.25, 0.3) is 0 Å². The van der Waals surface area contributed by atoms with Crippen LogP contribution in [-0.2, 0) is 19.1 Å². The summed E-state index contributed by atoms with van der Waals surface area (Å²) in [5.41, 5.74) is -0.750. The van der Waals surface area contributed by atoms with Crippen molar-refractivity contribution in [2.24, 2.45) is 17.8 Å². The monoisotopic (exact) mass is 329 g/mol. The lowest BCUT2D eigenvalue weighted by molar-refractivity contribution is -0.157. The summed E-state index contributed by atoms with van der Waals surface area (Å²) in [4.78, 5) is 35.7. The van der Waals surface area contributed by atoms with E-state index in [2.05, 4.69) is 5.32 Å². The van der Waals surface area contributed by atoms with Crippen molar-refractivity contribution in [1.29, 1.82) is 0 Å². The Morgan fingerprint density at radius 3 is 2.17 bits per heavy atom. The lowest BCUT2D eigenvalue weighted by Gasteiger charge is -2.26. The van der Waals surface area contributed by atoms with Crippen LogP contribution in [0.1, 0.15) is 47.5 Å². The number of esters is 1. The summed E-state index contributed by atoms with van der Waals surface area (Å²) in [5.74, 6) is -2.66. The van der Waals surface area contributed by atoms with Gasteiger partial charge < -0.3 is 19.9 Å². The van der Waals surface area contributed by atoms with Gasteiger partial charge in [-0.1, -0.05) is 13.8 Å². The Kier molecular flexibility index (Phi) is 6.41. The fourth-order valence-corrected chi connectivity index (χ4v) is 2.14. The van der Waals surface area contributed by atoms with Crippen molar-refractivity contribution in [2.75, 3.05) is 6.61 Å². The number of alkyl carbamates (subject to hydrolysis) is 1. The number of carboxylic acid groups (broad SMARTS) is 1. The zero-order valence-corrected chi connectivity index (χ0v) is 14.4. The molecule has 0 saturated heterocycles. The largest absolute Gasteiger partial charge is 0.480 e. The van der Waals surface area contributed by atoms with E-state index in [4.69, 9.17) is 9.47 Å². The molecule has 2 N–H and O–H groups in total. The summed E-state index contributed by atoms with van der Waals surface area (Å²) in [7, 11) is 0. The molecule has 132 valence electrons. The molecule has 0 unspecified atom stereocenters. The Morgan fingerprint density at radius 1 is 1.22 bits per heavy atom. The smallest absolute Gasteiger partial charge is 0.408 e. The zero-order chi connectivity index (χ0) is 17.8. The molecule has 1 aliphatic carbocycles. The van der Waals surface area contributed by atoms with Gasteiger partial charge >= 0.3 is 18.0 Å². The number of nitrogens with one attached hydrogen (secondary N) is 1. The highest BCUT2D eigenvalue weighted by Gasteiger charge is 2.46. The molecule has 1 aliphatic rings. The Labute approximate surface area is 136 Å². The van der Waals surface area contributed by atoms with Crippen LogP contribution < -0.4 is 5.32 Å². The fourth-order valence-electron chi connectivity index (χ4n) is 2.14. The maximum Gasteiger partial charge on any atom is 0.408 e. The summed E-state index contributed by atoms with van der Waals surface area (Å²) in [6.45, 7) is 9.05. The molecule has 7 heteroatoms. The second kappa shape index (κ2) is 7.66. The summed E-state index contributed by atoms with van der Waals surface area (Å²) >= 11 is 0. The van der Waals surface area contributed by atoms with Crippen molar-refractivity contribution in [1.82, 2.24) is 5.32 Å². The molecule has 1 saturated carbocycles. The van der Waals surface area contributed by atoms with Gasteiger partial charge in [0.1, 0.15) is 11.6 Å². The molecular formula is C16H27NO6. The number of carbonyl (C=O) groups excluding carboxylic acids is 2. The number of rotatable bonds is 7. The van der Waals surface area contributed by atoms with E-state index in [0.717, 1.165) is 12.8 Å². The number of carboxylic acids is 1. The number of carbonyl (C=O) groups is 3. The van der Waals surface area contributed by atoms with Gasteiger partial charge in [-0.05, 0) is 45.4 Å². The SMILES string of the molecule is CC(C)COC(=O)[C@H](C1CC1)[C@H](NC(=O)OC(C)(C)C)C(=O)O. The second-order valence-electron chi connectivity index (χ2n) is 7.35. The van der Waals surface area contributed by atoms with Gasteiger partial charge in [0, 0.05) is 0 Å². The van der Waals surface area contributed by atoms with Crippen LogP contribution in [0.5, 0.6) is 0 Å². The molecular weight excluding hydrogens is 302 g/mol. The first kappa shape index (κ1) is 19.3. The van der Waals surface area contributed by atoms with E-state index in [9.17, 15) is 19.5 Å². The van der Waals surface area contributed by atoms with Gasteiger partial charge in [0.2, 0.25) is 0 Å². The van der Waals surface area contributed by atoms with Crippen molar-refractivity contribution in [3.8, 4) is 0 Å². The van der Waals surface area contributed by atoms with Crippen molar-refractivity contribution >= 4 is 18.0 Å². The maximum absolute atomic E-state index is 12.3. The van der Waals surface area contributed by atoms with Crippen LogP contribution in [0.15, 0.2) is 0 Å². The van der Waals surface area contributed by atoms with Crippen LogP contribution in [0.2, 0.25) is 0 Å². The van der Waals surface area contributed by atoms with Crippen molar-refractivity contribution < 1.29 is 29.0 Å². The minimum Gasteiger partial charge on any atom is -0.480 e.